The smallest absolute Gasteiger partial charge is 0.255 e. The summed E-state index contributed by atoms with van der Waals surface area (Å²) in [7, 11) is 1.84. The molecule has 1 fully saturated rings. The average molecular weight is 219 g/mol. The summed E-state index contributed by atoms with van der Waals surface area (Å²) in [4.78, 5) is 13.9. The number of hydrogen-bond acceptors (Lipinski definition) is 3. The van der Waals surface area contributed by atoms with E-state index in [0.717, 1.165) is 12.8 Å². The van der Waals surface area contributed by atoms with E-state index in [1.165, 1.54) is 6.42 Å². The molecule has 1 aromatic rings. The van der Waals surface area contributed by atoms with Gasteiger partial charge in [-0.3, -0.25) is 4.79 Å². The van der Waals surface area contributed by atoms with Crippen LogP contribution in [0.1, 0.15) is 29.6 Å². The lowest BCUT2D eigenvalue weighted by Gasteiger charge is -2.35. The van der Waals surface area contributed by atoms with Gasteiger partial charge in [0.05, 0.1) is 5.56 Å². The standard InChI is InChI=1S/C12H17N3O/c1-15(9-3-2-4-9)12(16)10-6-5-8(13)7-11(10)14/h5-7,9H,2-4,13-14H2,1H3. The molecule has 86 valence electrons. The summed E-state index contributed by atoms with van der Waals surface area (Å²) in [5, 5.41) is 0. The molecule has 4 heteroatoms. The van der Waals surface area contributed by atoms with Gasteiger partial charge in [0.2, 0.25) is 0 Å². The summed E-state index contributed by atoms with van der Waals surface area (Å²) in [6, 6.07) is 5.41. The number of hydrogen-bond donors (Lipinski definition) is 2. The Morgan fingerprint density at radius 3 is 2.56 bits per heavy atom. The fourth-order valence-corrected chi connectivity index (χ4v) is 1.91. The summed E-state index contributed by atoms with van der Waals surface area (Å²) in [6.07, 6.45) is 3.40. The zero-order chi connectivity index (χ0) is 11.7. The molecule has 0 aromatic heterocycles. The van der Waals surface area contributed by atoms with Crippen molar-refractivity contribution in [3.63, 3.8) is 0 Å². The number of nitrogens with zero attached hydrogens (tertiary/aromatic N) is 1. The largest absolute Gasteiger partial charge is 0.399 e. The predicted octanol–water partition coefficient (Wildman–Crippen LogP) is 1.48. The number of carbonyl (C=O) groups is 1. The van der Waals surface area contributed by atoms with Crippen LogP contribution >= 0.6 is 0 Å². The van der Waals surface area contributed by atoms with Crippen LogP contribution in [0, 0.1) is 0 Å². The number of benzene rings is 1. The molecule has 0 heterocycles. The van der Waals surface area contributed by atoms with Crippen molar-refractivity contribution in [2.24, 2.45) is 0 Å². The van der Waals surface area contributed by atoms with Crippen molar-refractivity contribution >= 4 is 17.3 Å². The fourth-order valence-electron chi connectivity index (χ4n) is 1.91. The maximum absolute atomic E-state index is 12.1. The van der Waals surface area contributed by atoms with Crippen LogP contribution in [0.2, 0.25) is 0 Å². The minimum absolute atomic E-state index is 0.0119. The molecule has 0 spiro atoms. The molecule has 1 aromatic carbocycles. The van der Waals surface area contributed by atoms with Gasteiger partial charge in [-0.25, -0.2) is 0 Å². The lowest BCUT2D eigenvalue weighted by molar-refractivity contribution is 0.0653. The summed E-state index contributed by atoms with van der Waals surface area (Å²) in [5.41, 5.74) is 13.0. The molecule has 0 aliphatic heterocycles. The molecule has 1 amide bonds. The fraction of sp³-hybridized carbons (Fsp3) is 0.417. The normalized spacial score (nSPS) is 15.6. The van der Waals surface area contributed by atoms with Crippen molar-refractivity contribution in [1.29, 1.82) is 0 Å². The maximum Gasteiger partial charge on any atom is 0.255 e. The molecule has 0 saturated heterocycles. The first-order valence-electron chi connectivity index (χ1n) is 5.52. The summed E-state index contributed by atoms with van der Waals surface area (Å²) >= 11 is 0. The Morgan fingerprint density at radius 2 is 2.06 bits per heavy atom. The van der Waals surface area contributed by atoms with Crippen LogP contribution in [0.25, 0.3) is 0 Å². The van der Waals surface area contributed by atoms with Gasteiger partial charge < -0.3 is 16.4 Å². The van der Waals surface area contributed by atoms with Crippen molar-refractivity contribution in [3.05, 3.63) is 23.8 Å². The molecular formula is C12H17N3O. The zero-order valence-electron chi connectivity index (χ0n) is 9.44. The number of nitrogen functional groups attached to an aromatic ring is 2. The molecule has 4 N–H and O–H groups in total. The third-order valence-electron chi connectivity index (χ3n) is 3.25. The Bertz CT molecular complexity index is 413. The Labute approximate surface area is 95.2 Å². The molecule has 16 heavy (non-hydrogen) atoms. The van der Waals surface area contributed by atoms with Crippen molar-refractivity contribution in [3.8, 4) is 0 Å². The Morgan fingerprint density at radius 1 is 1.38 bits per heavy atom. The molecule has 0 radical (unpaired) electrons. The second-order valence-corrected chi connectivity index (χ2v) is 4.35. The predicted molar refractivity (Wildman–Crippen MR) is 65.0 cm³/mol. The number of anilines is 2. The van der Waals surface area contributed by atoms with Crippen LogP contribution in [0.5, 0.6) is 0 Å². The molecule has 1 saturated carbocycles. The van der Waals surface area contributed by atoms with E-state index in [1.807, 2.05) is 7.05 Å². The van der Waals surface area contributed by atoms with Crippen LogP contribution in [0.15, 0.2) is 18.2 Å². The molecule has 0 bridgehead atoms. The third kappa shape index (κ3) is 1.83. The highest BCUT2D eigenvalue weighted by atomic mass is 16.2. The number of amides is 1. The maximum atomic E-state index is 12.1. The zero-order valence-corrected chi connectivity index (χ0v) is 9.44. The van der Waals surface area contributed by atoms with Gasteiger partial charge in [-0.2, -0.15) is 0 Å². The number of carbonyl (C=O) groups excluding carboxylic acids is 1. The topological polar surface area (TPSA) is 72.3 Å². The van der Waals surface area contributed by atoms with Crippen LogP contribution in [-0.4, -0.2) is 23.9 Å². The van der Waals surface area contributed by atoms with Crippen molar-refractivity contribution in [2.75, 3.05) is 18.5 Å². The van der Waals surface area contributed by atoms with E-state index < -0.39 is 0 Å². The lowest BCUT2D eigenvalue weighted by Crippen LogP contribution is -2.41. The molecule has 1 aliphatic rings. The van der Waals surface area contributed by atoms with Gasteiger partial charge in [0.25, 0.3) is 5.91 Å². The highest BCUT2D eigenvalue weighted by Crippen LogP contribution is 2.26. The average Bonchev–Trinajstić information content (AvgIpc) is 2.14. The Kier molecular flexibility index (Phi) is 2.73. The van der Waals surface area contributed by atoms with Crippen LogP contribution < -0.4 is 11.5 Å². The van der Waals surface area contributed by atoms with Crippen LogP contribution in [-0.2, 0) is 0 Å². The summed E-state index contributed by atoms with van der Waals surface area (Å²) in [6.45, 7) is 0. The lowest BCUT2D eigenvalue weighted by atomic mass is 9.91. The van der Waals surface area contributed by atoms with E-state index in [1.54, 1.807) is 23.1 Å². The SMILES string of the molecule is CN(C(=O)c1ccc(N)cc1N)C1CCC1. The number of nitrogens with two attached hydrogens (primary N) is 2. The van der Waals surface area contributed by atoms with Crippen molar-refractivity contribution in [2.45, 2.75) is 25.3 Å². The first-order chi connectivity index (χ1) is 7.59. The van der Waals surface area contributed by atoms with Gasteiger partial charge in [-0.15, -0.1) is 0 Å². The molecule has 4 nitrogen and oxygen atoms in total. The van der Waals surface area contributed by atoms with E-state index in [0.29, 0.717) is 23.0 Å². The van der Waals surface area contributed by atoms with E-state index in [9.17, 15) is 4.79 Å². The van der Waals surface area contributed by atoms with E-state index in [-0.39, 0.29) is 5.91 Å². The van der Waals surface area contributed by atoms with E-state index in [4.69, 9.17) is 11.5 Å². The van der Waals surface area contributed by atoms with Gasteiger partial charge in [0.15, 0.2) is 0 Å². The first kappa shape index (κ1) is 10.8. The van der Waals surface area contributed by atoms with Gasteiger partial charge in [0.1, 0.15) is 0 Å². The quantitative estimate of drug-likeness (QED) is 0.740. The minimum Gasteiger partial charge on any atom is -0.399 e. The third-order valence-corrected chi connectivity index (χ3v) is 3.25. The molecular weight excluding hydrogens is 202 g/mol. The van der Waals surface area contributed by atoms with Crippen LogP contribution in [0.3, 0.4) is 0 Å². The first-order valence-corrected chi connectivity index (χ1v) is 5.52. The molecule has 2 rings (SSSR count). The van der Waals surface area contributed by atoms with Crippen molar-refractivity contribution < 1.29 is 4.79 Å². The molecule has 1 aliphatic carbocycles. The Balaban J connectivity index is 2.19. The van der Waals surface area contributed by atoms with Gasteiger partial charge in [-0.05, 0) is 37.5 Å². The summed E-state index contributed by atoms with van der Waals surface area (Å²) in [5.74, 6) is -0.0119. The van der Waals surface area contributed by atoms with Crippen molar-refractivity contribution in [1.82, 2.24) is 4.90 Å². The van der Waals surface area contributed by atoms with Gasteiger partial charge >= 0.3 is 0 Å². The van der Waals surface area contributed by atoms with Gasteiger partial charge in [-0.1, -0.05) is 0 Å². The van der Waals surface area contributed by atoms with E-state index >= 15 is 0 Å². The Hall–Kier alpha value is -1.71. The number of rotatable bonds is 2. The highest BCUT2D eigenvalue weighted by molar-refractivity contribution is 5.99. The minimum atomic E-state index is -0.0119. The van der Waals surface area contributed by atoms with Gasteiger partial charge in [0, 0.05) is 24.5 Å². The second-order valence-electron chi connectivity index (χ2n) is 4.35. The molecule has 0 unspecified atom stereocenters. The summed E-state index contributed by atoms with van der Waals surface area (Å²) < 4.78 is 0. The molecule has 0 atom stereocenters. The van der Waals surface area contributed by atoms with Crippen LogP contribution in [0.4, 0.5) is 11.4 Å². The van der Waals surface area contributed by atoms with E-state index in [2.05, 4.69) is 0 Å². The highest BCUT2D eigenvalue weighted by Gasteiger charge is 2.27. The second kappa shape index (κ2) is 4.04. The monoisotopic (exact) mass is 219 g/mol.